The summed E-state index contributed by atoms with van der Waals surface area (Å²) in [6.45, 7) is 1.70. The van der Waals surface area contributed by atoms with Crippen LogP contribution >= 0.6 is 0 Å². The van der Waals surface area contributed by atoms with E-state index in [4.69, 9.17) is 4.74 Å². The number of rotatable bonds is 5. The Morgan fingerprint density at radius 1 is 1.40 bits per heavy atom. The maximum absolute atomic E-state index is 12.6. The van der Waals surface area contributed by atoms with Crippen LogP contribution in [0.25, 0.3) is 0 Å². The molecule has 1 aliphatic heterocycles. The van der Waals surface area contributed by atoms with Crippen LogP contribution in [0.4, 0.5) is 0 Å². The van der Waals surface area contributed by atoms with Crippen molar-refractivity contribution in [2.24, 2.45) is 12.5 Å². The molecular formula is C17H26N6O2. The molecule has 2 fully saturated rings. The third kappa shape index (κ3) is 3.53. The predicted octanol–water partition coefficient (Wildman–Crippen LogP) is 0.559. The van der Waals surface area contributed by atoms with E-state index in [2.05, 4.69) is 31.1 Å². The number of aromatic nitrogens is 3. The molecule has 0 spiro atoms. The number of nitrogens with one attached hydrogen (secondary N) is 1. The van der Waals surface area contributed by atoms with Crippen molar-refractivity contribution in [3.63, 3.8) is 0 Å². The lowest BCUT2D eigenvalue weighted by Gasteiger charge is -2.38. The second kappa shape index (κ2) is 7.10. The number of carbonyl (C=O) groups excluding carboxylic acids is 1. The molecule has 0 unspecified atom stereocenters. The maximum atomic E-state index is 12.6. The minimum absolute atomic E-state index is 0.111. The highest BCUT2D eigenvalue weighted by atomic mass is 16.5. The van der Waals surface area contributed by atoms with Crippen LogP contribution in [-0.2, 0) is 23.1 Å². The zero-order valence-corrected chi connectivity index (χ0v) is 15.2. The highest BCUT2D eigenvalue weighted by molar-refractivity contribution is 5.85. The van der Waals surface area contributed by atoms with E-state index in [-0.39, 0.29) is 11.9 Å². The Hall–Kier alpha value is -1.98. The van der Waals surface area contributed by atoms with Gasteiger partial charge in [-0.25, -0.2) is 0 Å². The van der Waals surface area contributed by atoms with E-state index in [0.717, 1.165) is 31.0 Å². The Balaban J connectivity index is 1.55. The Bertz CT molecular complexity index is 665. The quantitative estimate of drug-likeness (QED) is 0.837. The van der Waals surface area contributed by atoms with E-state index in [9.17, 15) is 10.1 Å². The molecule has 1 N–H and O–H groups in total. The highest BCUT2D eigenvalue weighted by Gasteiger charge is 2.43. The average Bonchev–Trinajstić information content (AvgIpc) is 2.91. The van der Waals surface area contributed by atoms with Gasteiger partial charge in [-0.3, -0.25) is 4.79 Å². The first kappa shape index (κ1) is 17.8. The standard InChI is InChI=1S/C17H26N6O2/c1-22(2)10-14-20-21-15(23(14)3)12-8-13(9-12)19-16(24)17(11-18)4-6-25-7-5-17/h12-13H,4-10H2,1-3H3,(H,19,24). The second-order valence-electron chi connectivity index (χ2n) is 7.42. The number of amides is 1. The molecule has 1 aromatic heterocycles. The lowest BCUT2D eigenvalue weighted by molar-refractivity contribution is -0.133. The predicted molar refractivity (Wildman–Crippen MR) is 90.4 cm³/mol. The minimum Gasteiger partial charge on any atom is -0.381 e. The second-order valence-corrected chi connectivity index (χ2v) is 7.42. The summed E-state index contributed by atoms with van der Waals surface area (Å²) in [7, 11) is 6.00. The van der Waals surface area contributed by atoms with Crippen molar-refractivity contribution >= 4 is 5.91 Å². The van der Waals surface area contributed by atoms with Gasteiger partial charge in [0.15, 0.2) is 0 Å². The van der Waals surface area contributed by atoms with Gasteiger partial charge >= 0.3 is 0 Å². The molecule has 1 amide bonds. The SMILES string of the molecule is CN(C)Cc1nnc(C2CC(NC(=O)C3(C#N)CCOCC3)C2)n1C. The molecule has 25 heavy (non-hydrogen) atoms. The molecule has 136 valence electrons. The molecule has 8 nitrogen and oxygen atoms in total. The number of nitrogens with zero attached hydrogens (tertiary/aromatic N) is 5. The molecule has 1 aromatic rings. The van der Waals surface area contributed by atoms with E-state index in [1.807, 2.05) is 21.1 Å². The van der Waals surface area contributed by atoms with Crippen molar-refractivity contribution in [1.82, 2.24) is 25.0 Å². The van der Waals surface area contributed by atoms with Crippen molar-refractivity contribution in [3.05, 3.63) is 11.6 Å². The highest BCUT2D eigenvalue weighted by Crippen LogP contribution is 2.37. The van der Waals surface area contributed by atoms with Gasteiger partial charge in [-0.1, -0.05) is 0 Å². The van der Waals surface area contributed by atoms with Crippen molar-refractivity contribution in [1.29, 1.82) is 5.26 Å². The molecule has 0 bridgehead atoms. The molecule has 0 radical (unpaired) electrons. The summed E-state index contributed by atoms with van der Waals surface area (Å²) in [6.07, 6.45) is 2.64. The summed E-state index contributed by atoms with van der Waals surface area (Å²) in [5.74, 6) is 2.08. The molecule has 2 aliphatic rings. The largest absolute Gasteiger partial charge is 0.381 e. The fourth-order valence-electron chi connectivity index (χ4n) is 3.53. The van der Waals surface area contributed by atoms with Crippen LogP contribution in [0.3, 0.4) is 0 Å². The van der Waals surface area contributed by atoms with Crippen LogP contribution in [0.1, 0.15) is 43.3 Å². The summed E-state index contributed by atoms with van der Waals surface area (Å²) < 4.78 is 7.34. The number of hydrogen-bond acceptors (Lipinski definition) is 6. The van der Waals surface area contributed by atoms with Crippen molar-refractivity contribution < 1.29 is 9.53 Å². The van der Waals surface area contributed by atoms with Gasteiger partial charge in [0.1, 0.15) is 17.1 Å². The molecular weight excluding hydrogens is 320 g/mol. The fraction of sp³-hybridized carbons (Fsp3) is 0.765. The van der Waals surface area contributed by atoms with Crippen molar-refractivity contribution in [2.45, 2.75) is 44.2 Å². The van der Waals surface area contributed by atoms with Gasteiger partial charge in [0, 0.05) is 32.2 Å². The first-order chi connectivity index (χ1) is 11.9. The Morgan fingerprint density at radius 3 is 2.68 bits per heavy atom. The van der Waals surface area contributed by atoms with E-state index in [1.54, 1.807) is 0 Å². The van der Waals surface area contributed by atoms with E-state index in [0.29, 0.717) is 32.0 Å². The summed E-state index contributed by atoms with van der Waals surface area (Å²) in [5.41, 5.74) is -0.924. The van der Waals surface area contributed by atoms with Gasteiger partial charge < -0.3 is 19.5 Å². The van der Waals surface area contributed by atoms with Gasteiger partial charge in [0.05, 0.1) is 12.6 Å². The topological polar surface area (TPSA) is 96.1 Å². The molecule has 1 saturated carbocycles. The fourth-order valence-corrected chi connectivity index (χ4v) is 3.53. The van der Waals surface area contributed by atoms with Crippen LogP contribution in [0.5, 0.6) is 0 Å². The van der Waals surface area contributed by atoms with Gasteiger partial charge in [-0.15, -0.1) is 10.2 Å². The summed E-state index contributed by atoms with van der Waals surface area (Å²) in [4.78, 5) is 14.6. The van der Waals surface area contributed by atoms with Crippen molar-refractivity contribution in [3.8, 4) is 6.07 Å². The molecule has 0 atom stereocenters. The number of hydrogen-bond donors (Lipinski definition) is 1. The van der Waals surface area contributed by atoms with Crippen LogP contribution < -0.4 is 5.32 Å². The van der Waals surface area contributed by atoms with Crippen LogP contribution in [0, 0.1) is 16.7 Å². The van der Waals surface area contributed by atoms with E-state index >= 15 is 0 Å². The van der Waals surface area contributed by atoms with Gasteiger partial charge in [-0.2, -0.15) is 5.26 Å². The van der Waals surface area contributed by atoms with Gasteiger partial charge in [0.2, 0.25) is 5.91 Å². The minimum atomic E-state index is -0.924. The van der Waals surface area contributed by atoms with E-state index in [1.165, 1.54) is 0 Å². The van der Waals surface area contributed by atoms with Crippen LogP contribution in [-0.4, -0.2) is 58.9 Å². The Labute approximate surface area is 148 Å². The Morgan fingerprint density at radius 2 is 2.08 bits per heavy atom. The number of nitriles is 1. The van der Waals surface area contributed by atoms with Crippen LogP contribution in [0.15, 0.2) is 0 Å². The molecule has 0 aromatic carbocycles. The first-order valence-electron chi connectivity index (χ1n) is 8.78. The molecule has 3 rings (SSSR count). The van der Waals surface area contributed by atoms with Crippen LogP contribution in [0.2, 0.25) is 0 Å². The summed E-state index contributed by atoms with van der Waals surface area (Å²) >= 11 is 0. The normalized spacial score (nSPS) is 25.2. The third-order valence-electron chi connectivity index (χ3n) is 5.29. The third-order valence-corrected chi connectivity index (χ3v) is 5.29. The first-order valence-corrected chi connectivity index (χ1v) is 8.78. The van der Waals surface area contributed by atoms with Gasteiger partial charge in [0.25, 0.3) is 0 Å². The summed E-state index contributed by atoms with van der Waals surface area (Å²) in [5, 5.41) is 21.1. The number of ether oxygens (including phenoxy) is 1. The molecule has 1 saturated heterocycles. The molecule has 2 heterocycles. The zero-order chi connectivity index (χ0) is 18.0. The lowest BCUT2D eigenvalue weighted by atomic mass is 9.77. The maximum Gasteiger partial charge on any atom is 0.240 e. The lowest BCUT2D eigenvalue weighted by Crippen LogP contribution is -2.51. The smallest absolute Gasteiger partial charge is 0.240 e. The molecule has 1 aliphatic carbocycles. The monoisotopic (exact) mass is 346 g/mol. The molecule has 8 heteroatoms. The number of carbonyl (C=O) groups is 1. The average molecular weight is 346 g/mol. The van der Waals surface area contributed by atoms with Crippen molar-refractivity contribution in [2.75, 3.05) is 27.3 Å². The van der Waals surface area contributed by atoms with Gasteiger partial charge in [-0.05, 0) is 39.8 Å². The zero-order valence-electron chi connectivity index (χ0n) is 15.2. The summed E-state index contributed by atoms with van der Waals surface area (Å²) in [6, 6.07) is 2.33. The Kier molecular flexibility index (Phi) is 5.06. The van der Waals surface area contributed by atoms with E-state index < -0.39 is 5.41 Å².